The number of carbonyl (C=O) groups excluding carboxylic acids is 1. The van der Waals surface area contributed by atoms with E-state index in [0.29, 0.717) is 18.8 Å². The molecule has 0 amide bonds. The number of ether oxygens (including phenoxy) is 1. The van der Waals surface area contributed by atoms with Gasteiger partial charge in [-0.05, 0) is 12.0 Å². The summed E-state index contributed by atoms with van der Waals surface area (Å²) in [6, 6.07) is 10.0. The third-order valence-electron chi connectivity index (χ3n) is 2.44. The maximum Gasteiger partial charge on any atom is 0.357 e. The minimum Gasteiger partial charge on any atom is -0.461 e. The molecular weight excluding hydrogens is 260 g/mol. The summed E-state index contributed by atoms with van der Waals surface area (Å²) in [4.78, 5) is 15.8. The molecule has 1 heterocycles. The lowest BCUT2D eigenvalue weighted by molar-refractivity contribution is 0.0499. The Kier molecular flexibility index (Phi) is 4.92. The van der Waals surface area contributed by atoms with Gasteiger partial charge in [0.15, 0.2) is 10.8 Å². The highest BCUT2D eigenvalue weighted by molar-refractivity contribution is 7.13. The Morgan fingerprint density at radius 3 is 2.89 bits per heavy atom. The van der Waals surface area contributed by atoms with E-state index in [1.165, 1.54) is 16.9 Å². The van der Waals surface area contributed by atoms with Crippen molar-refractivity contribution in [2.24, 2.45) is 0 Å². The van der Waals surface area contributed by atoms with Crippen LogP contribution in [0.2, 0.25) is 0 Å². The van der Waals surface area contributed by atoms with Crippen molar-refractivity contribution in [1.82, 2.24) is 4.98 Å². The Balaban J connectivity index is 1.89. The molecule has 0 radical (unpaired) electrons. The Morgan fingerprint density at radius 1 is 1.37 bits per heavy atom. The average molecular weight is 276 g/mol. The van der Waals surface area contributed by atoms with Crippen molar-refractivity contribution >= 4 is 22.4 Å². The first-order chi connectivity index (χ1) is 9.29. The van der Waals surface area contributed by atoms with Crippen molar-refractivity contribution in [3.63, 3.8) is 0 Å². The van der Waals surface area contributed by atoms with E-state index in [2.05, 4.69) is 10.3 Å². The van der Waals surface area contributed by atoms with Gasteiger partial charge in [0.1, 0.15) is 0 Å². The lowest BCUT2D eigenvalue weighted by Crippen LogP contribution is -2.06. The van der Waals surface area contributed by atoms with Gasteiger partial charge < -0.3 is 10.1 Å². The lowest BCUT2D eigenvalue weighted by atomic mass is 10.2. The van der Waals surface area contributed by atoms with Gasteiger partial charge in [0.2, 0.25) is 0 Å². The molecule has 1 aromatic heterocycles. The predicted molar refractivity (Wildman–Crippen MR) is 76.5 cm³/mol. The summed E-state index contributed by atoms with van der Waals surface area (Å²) in [5.74, 6) is -0.356. The summed E-state index contributed by atoms with van der Waals surface area (Å²) in [7, 11) is 0. The molecule has 0 aliphatic rings. The van der Waals surface area contributed by atoms with Crippen LogP contribution in [0.5, 0.6) is 0 Å². The highest BCUT2D eigenvalue weighted by atomic mass is 32.1. The summed E-state index contributed by atoms with van der Waals surface area (Å²) in [5, 5.41) is 5.63. The summed E-state index contributed by atoms with van der Waals surface area (Å²) < 4.78 is 5.03. The van der Waals surface area contributed by atoms with Crippen LogP contribution < -0.4 is 5.32 Å². The van der Waals surface area contributed by atoms with Crippen LogP contribution in [0.4, 0.5) is 5.13 Å². The quantitative estimate of drug-likeness (QED) is 0.822. The number of benzene rings is 1. The zero-order chi connectivity index (χ0) is 13.5. The van der Waals surface area contributed by atoms with Crippen LogP contribution in [-0.2, 0) is 11.3 Å². The number of hydrogen-bond donors (Lipinski definition) is 1. The maximum atomic E-state index is 11.6. The highest BCUT2D eigenvalue weighted by Gasteiger charge is 2.11. The molecule has 0 aliphatic carbocycles. The monoisotopic (exact) mass is 276 g/mol. The molecule has 2 rings (SSSR count). The van der Waals surface area contributed by atoms with Gasteiger partial charge >= 0.3 is 5.97 Å². The molecule has 5 heteroatoms. The number of thiazole rings is 1. The molecule has 0 spiro atoms. The smallest absolute Gasteiger partial charge is 0.357 e. The molecule has 4 nitrogen and oxygen atoms in total. The molecule has 0 unspecified atom stereocenters. The van der Waals surface area contributed by atoms with Crippen molar-refractivity contribution in [2.45, 2.75) is 19.9 Å². The predicted octanol–water partition coefficient (Wildman–Crippen LogP) is 3.32. The molecule has 1 N–H and O–H groups in total. The zero-order valence-corrected chi connectivity index (χ0v) is 11.6. The Labute approximate surface area is 116 Å². The third kappa shape index (κ3) is 4.06. The fourth-order valence-electron chi connectivity index (χ4n) is 1.49. The zero-order valence-electron chi connectivity index (χ0n) is 10.8. The van der Waals surface area contributed by atoms with Crippen LogP contribution in [0.3, 0.4) is 0 Å². The average Bonchev–Trinajstić information content (AvgIpc) is 2.92. The van der Waals surface area contributed by atoms with E-state index in [4.69, 9.17) is 4.74 Å². The van der Waals surface area contributed by atoms with Crippen LogP contribution >= 0.6 is 11.3 Å². The van der Waals surface area contributed by atoms with Gasteiger partial charge in [0.25, 0.3) is 0 Å². The molecule has 100 valence electrons. The van der Waals surface area contributed by atoms with Gasteiger partial charge in [-0.1, -0.05) is 37.3 Å². The number of carbonyl (C=O) groups is 1. The van der Waals surface area contributed by atoms with Crippen molar-refractivity contribution in [3.05, 3.63) is 47.0 Å². The van der Waals surface area contributed by atoms with Crippen molar-refractivity contribution in [3.8, 4) is 0 Å². The van der Waals surface area contributed by atoms with Crippen LogP contribution in [-0.4, -0.2) is 17.6 Å². The Bertz CT molecular complexity index is 525. The first-order valence-electron chi connectivity index (χ1n) is 6.20. The minimum atomic E-state index is -0.356. The van der Waals surface area contributed by atoms with Gasteiger partial charge in [-0.2, -0.15) is 0 Å². The van der Waals surface area contributed by atoms with E-state index in [1.54, 1.807) is 5.38 Å². The van der Waals surface area contributed by atoms with E-state index in [1.807, 2.05) is 37.3 Å². The van der Waals surface area contributed by atoms with Gasteiger partial charge in [-0.15, -0.1) is 11.3 Å². The largest absolute Gasteiger partial charge is 0.461 e. The van der Waals surface area contributed by atoms with Crippen molar-refractivity contribution < 1.29 is 9.53 Å². The van der Waals surface area contributed by atoms with Crippen LogP contribution in [0, 0.1) is 0 Å². The normalized spacial score (nSPS) is 10.2. The van der Waals surface area contributed by atoms with E-state index >= 15 is 0 Å². The molecule has 0 saturated carbocycles. The first-order valence-corrected chi connectivity index (χ1v) is 7.08. The van der Waals surface area contributed by atoms with Gasteiger partial charge in [0.05, 0.1) is 6.61 Å². The second kappa shape index (κ2) is 6.89. The number of anilines is 1. The van der Waals surface area contributed by atoms with E-state index < -0.39 is 0 Å². The molecule has 0 saturated heterocycles. The molecule has 0 atom stereocenters. The Morgan fingerprint density at radius 2 is 2.16 bits per heavy atom. The molecule has 0 fully saturated rings. The van der Waals surface area contributed by atoms with Gasteiger partial charge in [0, 0.05) is 11.9 Å². The number of hydrogen-bond acceptors (Lipinski definition) is 5. The summed E-state index contributed by atoms with van der Waals surface area (Å²) >= 11 is 1.41. The second-order valence-corrected chi connectivity index (χ2v) is 4.87. The number of nitrogens with zero attached hydrogens (tertiary/aromatic N) is 1. The summed E-state index contributed by atoms with van der Waals surface area (Å²) in [6.07, 6.45) is 0.814. The van der Waals surface area contributed by atoms with Crippen LogP contribution in [0.25, 0.3) is 0 Å². The second-order valence-electron chi connectivity index (χ2n) is 4.01. The number of aromatic nitrogens is 1. The summed E-state index contributed by atoms with van der Waals surface area (Å²) in [5.41, 5.74) is 1.54. The first kappa shape index (κ1) is 13.5. The molecule has 19 heavy (non-hydrogen) atoms. The fraction of sp³-hybridized carbons (Fsp3) is 0.286. The fourth-order valence-corrected chi connectivity index (χ4v) is 2.17. The SMILES string of the molecule is CCCOC(=O)c1csc(NCc2ccccc2)n1. The molecule has 0 bridgehead atoms. The van der Waals surface area contributed by atoms with Crippen molar-refractivity contribution in [2.75, 3.05) is 11.9 Å². The van der Waals surface area contributed by atoms with E-state index in [9.17, 15) is 4.79 Å². The highest BCUT2D eigenvalue weighted by Crippen LogP contribution is 2.17. The molecule has 2 aromatic rings. The van der Waals surface area contributed by atoms with Crippen LogP contribution in [0.1, 0.15) is 29.4 Å². The molecular formula is C14H16N2O2S. The van der Waals surface area contributed by atoms with Crippen LogP contribution in [0.15, 0.2) is 35.7 Å². The third-order valence-corrected chi connectivity index (χ3v) is 3.24. The van der Waals surface area contributed by atoms with E-state index in [-0.39, 0.29) is 5.97 Å². The standard InChI is InChI=1S/C14H16N2O2S/c1-2-8-18-13(17)12-10-19-14(16-12)15-9-11-6-4-3-5-7-11/h3-7,10H,2,8-9H2,1H3,(H,15,16). The Hall–Kier alpha value is -1.88. The van der Waals surface area contributed by atoms with Gasteiger partial charge in [-0.3, -0.25) is 0 Å². The molecule has 1 aromatic carbocycles. The minimum absolute atomic E-state index is 0.356. The topological polar surface area (TPSA) is 51.2 Å². The number of rotatable bonds is 6. The summed E-state index contributed by atoms with van der Waals surface area (Å²) in [6.45, 7) is 3.09. The molecule has 0 aliphatic heterocycles. The lowest BCUT2D eigenvalue weighted by Gasteiger charge is -2.02. The van der Waals surface area contributed by atoms with E-state index in [0.717, 1.165) is 11.6 Å². The maximum absolute atomic E-state index is 11.6. The number of esters is 1. The van der Waals surface area contributed by atoms with Crippen molar-refractivity contribution in [1.29, 1.82) is 0 Å². The van der Waals surface area contributed by atoms with Gasteiger partial charge in [-0.25, -0.2) is 9.78 Å². The number of nitrogens with one attached hydrogen (secondary N) is 1.